The number of pyridine rings is 1. The lowest BCUT2D eigenvalue weighted by Crippen LogP contribution is -2.35. The fraction of sp³-hybridized carbons (Fsp3) is 0.281. The molecule has 1 amide bonds. The second-order valence-electron chi connectivity index (χ2n) is 9.98. The molecule has 0 spiro atoms. The van der Waals surface area contributed by atoms with Gasteiger partial charge in [-0.05, 0) is 62.1 Å². The van der Waals surface area contributed by atoms with Gasteiger partial charge in [0.15, 0.2) is 11.5 Å². The number of aromatic nitrogens is 1. The second kappa shape index (κ2) is 13.3. The minimum Gasteiger partial charge on any atom is -0.493 e. The van der Waals surface area contributed by atoms with Crippen LogP contribution in [-0.2, 0) is 9.53 Å². The van der Waals surface area contributed by atoms with Crippen LogP contribution < -0.4 is 25.3 Å². The lowest BCUT2D eigenvalue weighted by atomic mass is 10.1. The molecule has 1 heterocycles. The SMILES string of the molecule is COc1cc2c(Oc3ccc(NC(=O)c4ccccc4)c(F)c3)ccnc2cc1OCCC(N)C(=O)OC1CCCC1. The number of nitrogens with zero attached hydrogens (tertiary/aromatic N) is 1. The van der Waals surface area contributed by atoms with Gasteiger partial charge in [-0.25, -0.2) is 4.39 Å². The highest BCUT2D eigenvalue weighted by Crippen LogP contribution is 2.37. The molecule has 1 aliphatic rings. The van der Waals surface area contributed by atoms with Gasteiger partial charge >= 0.3 is 5.97 Å². The summed E-state index contributed by atoms with van der Waals surface area (Å²) in [5.74, 6) is 0.0243. The molecule has 4 aromatic rings. The van der Waals surface area contributed by atoms with Gasteiger partial charge in [0, 0.05) is 35.7 Å². The van der Waals surface area contributed by atoms with Crippen LogP contribution in [0.15, 0.2) is 72.9 Å². The zero-order valence-electron chi connectivity index (χ0n) is 23.2. The Hall–Kier alpha value is -4.70. The standard InChI is InChI=1S/C32H32FN3O6/c1-39-29-18-23-27(19-30(29)40-16-14-25(34)32(38)42-21-9-5-6-10-21)35-15-13-28(23)41-22-11-12-26(24(33)17-22)36-31(37)20-7-3-2-4-8-20/h2-4,7-8,11-13,15,17-19,21,25H,5-6,9-10,14,16,34H2,1H3,(H,36,37). The van der Waals surface area contributed by atoms with Crippen LogP contribution in [0.3, 0.4) is 0 Å². The average Bonchev–Trinajstić information content (AvgIpc) is 3.51. The molecule has 9 nitrogen and oxygen atoms in total. The molecule has 3 aromatic carbocycles. The number of benzene rings is 3. The Morgan fingerprint density at radius 1 is 1.02 bits per heavy atom. The van der Waals surface area contributed by atoms with Gasteiger partial charge in [0.25, 0.3) is 5.91 Å². The van der Waals surface area contributed by atoms with E-state index in [1.807, 2.05) is 0 Å². The highest BCUT2D eigenvalue weighted by Gasteiger charge is 2.23. The van der Waals surface area contributed by atoms with Crippen LogP contribution in [-0.4, -0.2) is 42.7 Å². The van der Waals surface area contributed by atoms with Gasteiger partial charge in [0.1, 0.15) is 29.5 Å². The number of fused-ring (bicyclic) bond motifs is 1. The molecule has 218 valence electrons. The minimum absolute atomic E-state index is 0.0331. The Morgan fingerprint density at radius 2 is 1.81 bits per heavy atom. The third-order valence-electron chi connectivity index (χ3n) is 7.01. The van der Waals surface area contributed by atoms with Crippen LogP contribution in [0.25, 0.3) is 10.9 Å². The Morgan fingerprint density at radius 3 is 2.55 bits per heavy atom. The predicted octanol–water partition coefficient (Wildman–Crippen LogP) is 6.01. The summed E-state index contributed by atoms with van der Waals surface area (Å²) in [4.78, 5) is 29.1. The number of hydrogen-bond acceptors (Lipinski definition) is 8. The minimum atomic E-state index is -0.784. The number of hydrogen-bond donors (Lipinski definition) is 2. The zero-order valence-corrected chi connectivity index (χ0v) is 23.2. The molecule has 1 fully saturated rings. The summed E-state index contributed by atoms with van der Waals surface area (Å²) in [5, 5.41) is 3.18. The normalized spacial score (nSPS) is 13.9. The van der Waals surface area contributed by atoms with E-state index >= 15 is 0 Å². The van der Waals surface area contributed by atoms with Crippen molar-refractivity contribution in [2.45, 2.75) is 44.2 Å². The van der Waals surface area contributed by atoms with Gasteiger partial charge in [0.2, 0.25) is 0 Å². The maximum absolute atomic E-state index is 14.9. The summed E-state index contributed by atoms with van der Waals surface area (Å²) in [5.41, 5.74) is 7.03. The summed E-state index contributed by atoms with van der Waals surface area (Å²) >= 11 is 0. The number of nitrogens with one attached hydrogen (secondary N) is 1. The molecule has 1 atom stereocenters. The highest BCUT2D eigenvalue weighted by atomic mass is 19.1. The van der Waals surface area contributed by atoms with E-state index in [4.69, 9.17) is 24.7 Å². The van der Waals surface area contributed by atoms with Crippen molar-refractivity contribution in [3.8, 4) is 23.0 Å². The number of carbonyl (C=O) groups is 2. The Balaban J connectivity index is 1.25. The molecule has 5 rings (SSSR count). The third kappa shape index (κ3) is 6.95. The van der Waals surface area contributed by atoms with E-state index in [0.717, 1.165) is 25.7 Å². The summed E-state index contributed by atoms with van der Waals surface area (Å²) in [6.45, 7) is 0.172. The maximum Gasteiger partial charge on any atom is 0.323 e. The first-order valence-corrected chi connectivity index (χ1v) is 13.8. The van der Waals surface area contributed by atoms with Gasteiger partial charge < -0.3 is 30.0 Å². The maximum atomic E-state index is 14.9. The monoisotopic (exact) mass is 573 g/mol. The number of amides is 1. The van der Waals surface area contributed by atoms with E-state index in [-0.39, 0.29) is 30.6 Å². The molecule has 10 heteroatoms. The van der Waals surface area contributed by atoms with E-state index in [0.29, 0.717) is 33.7 Å². The number of anilines is 1. The molecular weight excluding hydrogens is 541 g/mol. The molecule has 1 saturated carbocycles. The second-order valence-corrected chi connectivity index (χ2v) is 9.98. The lowest BCUT2D eigenvalue weighted by molar-refractivity contribution is -0.150. The van der Waals surface area contributed by atoms with Crippen molar-refractivity contribution in [3.05, 3.63) is 84.3 Å². The van der Waals surface area contributed by atoms with Crippen LogP contribution in [0, 0.1) is 5.82 Å². The topological polar surface area (TPSA) is 122 Å². The number of nitrogens with two attached hydrogens (primary N) is 1. The van der Waals surface area contributed by atoms with Crippen LogP contribution in [0.1, 0.15) is 42.5 Å². The van der Waals surface area contributed by atoms with Crippen molar-refractivity contribution < 1.29 is 32.9 Å². The third-order valence-corrected chi connectivity index (χ3v) is 7.01. The first kappa shape index (κ1) is 28.8. The van der Waals surface area contributed by atoms with Gasteiger partial charge in [-0.3, -0.25) is 14.6 Å². The number of halogens is 1. The van der Waals surface area contributed by atoms with E-state index < -0.39 is 23.7 Å². The number of esters is 1. The lowest BCUT2D eigenvalue weighted by Gasteiger charge is -2.17. The highest BCUT2D eigenvalue weighted by molar-refractivity contribution is 6.04. The molecular formula is C32H32FN3O6. The predicted molar refractivity (Wildman–Crippen MR) is 156 cm³/mol. The van der Waals surface area contributed by atoms with E-state index in [2.05, 4.69) is 10.3 Å². The van der Waals surface area contributed by atoms with Gasteiger partial charge in [0.05, 0.1) is 24.9 Å². The van der Waals surface area contributed by atoms with E-state index in [1.165, 1.54) is 19.2 Å². The molecule has 1 unspecified atom stereocenters. The molecule has 0 bridgehead atoms. The van der Waals surface area contributed by atoms with Crippen molar-refractivity contribution in [2.24, 2.45) is 5.73 Å². The summed E-state index contributed by atoms with van der Waals surface area (Å²) in [6, 6.07) is 17.0. The molecule has 0 aliphatic heterocycles. The van der Waals surface area contributed by atoms with Crippen molar-refractivity contribution in [2.75, 3.05) is 19.0 Å². The largest absolute Gasteiger partial charge is 0.493 e. The smallest absolute Gasteiger partial charge is 0.323 e. The first-order valence-electron chi connectivity index (χ1n) is 13.8. The van der Waals surface area contributed by atoms with Crippen molar-refractivity contribution in [1.82, 2.24) is 4.98 Å². The first-order chi connectivity index (χ1) is 20.4. The fourth-order valence-corrected chi connectivity index (χ4v) is 4.73. The quantitative estimate of drug-likeness (QED) is 0.209. The Kier molecular flexibility index (Phi) is 9.13. The van der Waals surface area contributed by atoms with Crippen molar-refractivity contribution >= 4 is 28.5 Å². The van der Waals surface area contributed by atoms with Crippen LogP contribution in [0.2, 0.25) is 0 Å². The number of carbonyl (C=O) groups excluding carboxylic acids is 2. The molecule has 1 aliphatic carbocycles. The molecule has 1 aromatic heterocycles. The number of methoxy groups -OCH3 is 1. The van der Waals surface area contributed by atoms with Crippen molar-refractivity contribution in [1.29, 1.82) is 0 Å². The summed E-state index contributed by atoms with van der Waals surface area (Å²) in [7, 11) is 1.51. The molecule has 42 heavy (non-hydrogen) atoms. The number of rotatable bonds is 11. The number of ether oxygens (including phenoxy) is 4. The van der Waals surface area contributed by atoms with Crippen LogP contribution in [0.5, 0.6) is 23.0 Å². The molecule has 3 N–H and O–H groups in total. The fourth-order valence-electron chi connectivity index (χ4n) is 4.73. The van der Waals surface area contributed by atoms with E-state index in [9.17, 15) is 14.0 Å². The van der Waals surface area contributed by atoms with Gasteiger partial charge in [-0.2, -0.15) is 0 Å². The Labute approximate surface area is 242 Å². The van der Waals surface area contributed by atoms with Crippen LogP contribution in [0.4, 0.5) is 10.1 Å². The zero-order chi connectivity index (χ0) is 29.5. The van der Waals surface area contributed by atoms with E-state index in [1.54, 1.807) is 60.8 Å². The molecule has 0 radical (unpaired) electrons. The van der Waals surface area contributed by atoms with Gasteiger partial charge in [-0.15, -0.1) is 0 Å². The molecule has 0 saturated heterocycles. The van der Waals surface area contributed by atoms with Crippen LogP contribution >= 0.6 is 0 Å². The summed E-state index contributed by atoms with van der Waals surface area (Å²) in [6.07, 6.45) is 5.70. The Bertz CT molecular complexity index is 1560. The average molecular weight is 574 g/mol. The summed E-state index contributed by atoms with van der Waals surface area (Å²) < 4.78 is 37.8. The van der Waals surface area contributed by atoms with Gasteiger partial charge in [-0.1, -0.05) is 18.2 Å². The van der Waals surface area contributed by atoms with Crippen molar-refractivity contribution in [3.63, 3.8) is 0 Å².